The van der Waals surface area contributed by atoms with Gasteiger partial charge in [-0.15, -0.1) is 0 Å². The Morgan fingerprint density at radius 3 is 2.64 bits per heavy atom. The number of nitrogens with zero attached hydrogens (tertiary/aromatic N) is 1. The molecule has 4 heteroatoms. The molecule has 0 spiro atoms. The minimum absolute atomic E-state index is 0.0471. The molecular formula is C10H21NOSSi. The maximum Gasteiger partial charge on any atom is 0.146 e. The van der Waals surface area contributed by atoms with Crippen LogP contribution in [0.1, 0.15) is 46.5 Å². The summed E-state index contributed by atoms with van der Waals surface area (Å²) >= 11 is 1.40. The van der Waals surface area contributed by atoms with Crippen molar-refractivity contribution in [3.8, 4) is 5.40 Å². The van der Waals surface area contributed by atoms with Crippen molar-refractivity contribution in [1.29, 1.82) is 5.26 Å². The van der Waals surface area contributed by atoms with Crippen molar-refractivity contribution in [2.24, 2.45) is 0 Å². The van der Waals surface area contributed by atoms with E-state index in [0.717, 1.165) is 23.3 Å². The van der Waals surface area contributed by atoms with Gasteiger partial charge in [-0.1, -0.05) is 19.8 Å². The fraction of sp³-hybridized carbons (Fsp3) is 0.900. The zero-order valence-electron chi connectivity index (χ0n) is 9.67. The first-order valence-corrected chi connectivity index (χ1v) is 6.85. The monoisotopic (exact) mass is 231 g/mol. The van der Waals surface area contributed by atoms with E-state index in [-0.39, 0.29) is 5.60 Å². The molecule has 0 heterocycles. The lowest BCUT2D eigenvalue weighted by atomic mass is 10.00. The Labute approximate surface area is 94.9 Å². The first-order valence-electron chi connectivity index (χ1n) is 5.15. The summed E-state index contributed by atoms with van der Waals surface area (Å²) in [6, 6.07) is 0. The molecule has 0 aromatic carbocycles. The molecule has 14 heavy (non-hydrogen) atoms. The van der Waals surface area contributed by atoms with Gasteiger partial charge in [0.1, 0.15) is 15.9 Å². The van der Waals surface area contributed by atoms with Gasteiger partial charge in [-0.2, -0.15) is 5.26 Å². The highest BCUT2D eigenvalue weighted by molar-refractivity contribution is 8.04. The standard InChI is InChI=1S/C10H21NOSSi/c1-4-5-6-9(13-8-11)7-10(2,3)12-14/h9H,4-7H2,1-3,14H3. The summed E-state index contributed by atoms with van der Waals surface area (Å²) in [6.45, 7) is 6.40. The minimum Gasteiger partial charge on any atom is -0.423 e. The summed E-state index contributed by atoms with van der Waals surface area (Å²) in [5, 5.41) is 11.3. The maximum atomic E-state index is 8.69. The molecule has 0 N–H and O–H groups in total. The average Bonchev–Trinajstić information content (AvgIpc) is 2.14. The van der Waals surface area contributed by atoms with E-state index >= 15 is 0 Å². The molecule has 1 atom stereocenters. The number of thiocyanates is 1. The highest BCUT2D eigenvalue weighted by Crippen LogP contribution is 2.27. The molecule has 0 amide bonds. The molecule has 1 unspecified atom stereocenters. The Kier molecular flexibility index (Phi) is 7.34. The summed E-state index contributed by atoms with van der Waals surface area (Å²) in [5.41, 5.74) is -0.0471. The third-order valence-electron chi connectivity index (χ3n) is 2.37. The smallest absolute Gasteiger partial charge is 0.146 e. The molecular weight excluding hydrogens is 210 g/mol. The van der Waals surface area contributed by atoms with Crippen LogP contribution in [0.15, 0.2) is 0 Å². The molecule has 0 aliphatic heterocycles. The summed E-state index contributed by atoms with van der Waals surface area (Å²) in [7, 11) is 0.770. The Morgan fingerprint density at radius 2 is 2.21 bits per heavy atom. The zero-order chi connectivity index (χ0) is 11.0. The van der Waals surface area contributed by atoms with Crippen molar-refractivity contribution in [2.45, 2.75) is 57.3 Å². The van der Waals surface area contributed by atoms with Gasteiger partial charge in [0.15, 0.2) is 0 Å². The second-order valence-corrected chi connectivity index (χ2v) is 5.63. The van der Waals surface area contributed by atoms with Crippen LogP contribution in [-0.4, -0.2) is 21.3 Å². The van der Waals surface area contributed by atoms with Crippen molar-refractivity contribution in [2.75, 3.05) is 0 Å². The van der Waals surface area contributed by atoms with Crippen LogP contribution in [0, 0.1) is 10.7 Å². The quantitative estimate of drug-likeness (QED) is 0.497. The number of hydrogen-bond donors (Lipinski definition) is 0. The predicted molar refractivity (Wildman–Crippen MR) is 66.2 cm³/mol. The van der Waals surface area contributed by atoms with Gasteiger partial charge >= 0.3 is 0 Å². The molecule has 0 bridgehead atoms. The van der Waals surface area contributed by atoms with Gasteiger partial charge in [0.25, 0.3) is 0 Å². The molecule has 0 aliphatic rings. The first kappa shape index (κ1) is 14.0. The van der Waals surface area contributed by atoms with Gasteiger partial charge in [-0.25, -0.2) is 0 Å². The lowest BCUT2D eigenvalue weighted by Crippen LogP contribution is -2.27. The summed E-state index contributed by atoms with van der Waals surface area (Å²) < 4.78 is 5.51. The van der Waals surface area contributed by atoms with Crippen molar-refractivity contribution < 1.29 is 4.43 Å². The lowest BCUT2D eigenvalue weighted by Gasteiger charge is -2.27. The molecule has 82 valence electrons. The van der Waals surface area contributed by atoms with Crippen LogP contribution in [0.25, 0.3) is 0 Å². The van der Waals surface area contributed by atoms with Gasteiger partial charge in [0, 0.05) is 5.25 Å². The number of unbranched alkanes of at least 4 members (excludes halogenated alkanes) is 1. The van der Waals surface area contributed by atoms with E-state index in [2.05, 4.69) is 26.2 Å². The largest absolute Gasteiger partial charge is 0.423 e. The Balaban J connectivity index is 4.02. The second kappa shape index (κ2) is 7.33. The molecule has 0 aromatic heterocycles. The maximum absolute atomic E-state index is 8.69. The first-order chi connectivity index (χ1) is 6.55. The Hall–Kier alpha value is 0.0169. The van der Waals surface area contributed by atoms with Crippen LogP contribution in [0.5, 0.6) is 0 Å². The van der Waals surface area contributed by atoms with E-state index in [4.69, 9.17) is 9.69 Å². The van der Waals surface area contributed by atoms with Gasteiger partial charge in [-0.3, -0.25) is 0 Å². The van der Waals surface area contributed by atoms with Gasteiger partial charge in [0.05, 0.1) is 5.60 Å². The van der Waals surface area contributed by atoms with Crippen LogP contribution in [-0.2, 0) is 4.43 Å². The summed E-state index contributed by atoms with van der Waals surface area (Å²) in [4.78, 5) is 0. The lowest BCUT2D eigenvalue weighted by molar-refractivity contribution is 0.111. The number of thioether (sulfide) groups is 1. The molecule has 0 aromatic rings. The van der Waals surface area contributed by atoms with Gasteiger partial charge < -0.3 is 4.43 Å². The van der Waals surface area contributed by atoms with E-state index in [9.17, 15) is 0 Å². The van der Waals surface area contributed by atoms with Gasteiger partial charge in [0.2, 0.25) is 0 Å². The number of rotatable bonds is 7. The fourth-order valence-electron chi connectivity index (χ4n) is 1.34. The Morgan fingerprint density at radius 1 is 1.57 bits per heavy atom. The number of nitriles is 1. The SMILES string of the molecule is CCCCC(CC(C)(C)O[SiH3])SC#N. The van der Waals surface area contributed by atoms with Crippen LogP contribution >= 0.6 is 11.8 Å². The molecule has 0 saturated carbocycles. The van der Waals surface area contributed by atoms with Crippen LogP contribution in [0.2, 0.25) is 0 Å². The molecule has 0 radical (unpaired) electrons. The van der Waals surface area contributed by atoms with Gasteiger partial charge in [-0.05, 0) is 38.5 Å². The van der Waals surface area contributed by atoms with Crippen LogP contribution in [0.3, 0.4) is 0 Å². The fourth-order valence-corrected chi connectivity index (χ4v) is 2.43. The van der Waals surface area contributed by atoms with E-state index in [1.165, 1.54) is 24.6 Å². The van der Waals surface area contributed by atoms with Crippen LogP contribution in [0.4, 0.5) is 0 Å². The average molecular weight is 231 g/mol. The van der Waals surface area contributed by atoms with Crippen molar-refractivity contribution in [3.63, 3.8) is 0 Å². The molecule has 0 fully saturated rings. The normalized spacial score (nSPS) is 13.9. The second-order valence-electron chi connectivity index (χ2n) is 4.14. The summed E-state index contributed by atoms with van der Waals surface area (Å²) in [6.07, 6.45) is 4.51. The minimum atomic E-state index is -0.0471. The van der Waals surface area contributed by atoms with Crippen molar-refractivity contribution in [1.82, 2.24) is 0 Å². The van der Waals surface area contributed by atoms with E-state index in [0.29, 0.717) is 5.25 Å². The highest BCUT2D eigenvalue weighted by atomic mass is 32.2. The third kappa shape index (κ3) is 6.47. The molecule has 0 saturated heterocycles. The molecule has 2 nitrogen and oxygen atoms in total. The van der Waals surface area contributed by atoms with E-state index in [1.54, 1.807) is 0 Å². The van der Waals surface area contributed by atoms with E-state index in [1.807, 2.05) is 0 Å². The molecule has 0 aliphatic carbocycles. The topological polar surface area (TPSA) is 33.0 Å². The van der Waals surface area contributed by atoms with Crippen molar-refractivity contribution >= 4 is 22.2 Å². The zero-order valence-corrected chi connectivity index (χ0v) is 12.5. The number of hydrogen-bond acceptors (Lipinski definition) is 3. The van der Waals surface area contributed by atoms with Crippen molar-refractivity contribution in [3.05, 3.63) is 0 Å². The third-order valence-corrected chi connectivity index (χ3v) is 4.32. The van der Waals surface area contributed by atoms with E-state index < -0.39 is 0 Å². The predicted octanol–water partition coefficient (Wildman–Crippen LogP) is 2.23. The Bertz CT molecular complexity index is 191. The molecule has 0 rings (SSSR count). The highest BCUT2D eigenvalue weighted by Gasteiger charge is 2.22. The van der Waals surface area contributed by atoms with Crippen LogP contribution < -0.4 is 0 Å². The summed E-state index contributed by atoms with van der Waals surface area (Å²) in [5.74, 6) is 0.